The summed E-state index contributed by atoms with van der Waals surface area (Å²) in [6.45, 7) is 17.8. The summed E-state index contributed by atoms with van der Waals surface area (Å²) in [5.41, 5.74) is 2.00. The molecular weight excluding hydrogens is 420 g/mol. The second-order valence-electron chi connectivity index (χ2n) is 14.6. The Kier molecular flexibility index (Phi) is 5.82. The van der Waals surface area contributed by atoms with E-state index in [1.54, 1.807) is 7.11 Å². The molecule has 5 saturated carbocycles. The second kappa shape index (κ2) is 7.91. The van der Waals surface area contributed by atoms with Crippen molar-refractivity contribution in [2.75, 3.05) is 20.3 Å². The zero-order valence-corrected chi connectivity index (χ0v) is 22.8. The van der Waals surface area contributed by atoms with Crippen LogP contribution in [0.25, 0.3) is 0 Å². The molecule has 3 heteroatoms. The van der Waals surface area contributed by atoms with Gasteiger partial charge in [0, 0.05) is 25.6 Å². The number of rotatable bonds is 4. The Balaban J connectivity index is 1.53. The van der Waals surface area contributed by atoms with Crippen LogP contribution in [0.2, 0.25) is 0 Å². The van der Waals surface area contributed by atoms with Crippen LogP contribution in [-0.4, -0.2) is 31.2 Å². The van der Waals surface area contributed by atoms with E-state index in [1.807, 2.05) is 0 Å². The molecule has 34 heavy (non-hydrogen) atoms. The normalized spacial score (nSPS) is 51.7. The summed E-state index contributed by atoms with van der Waals surface area (Å²) in [5, 5.41) is 10.7. The van der Waals surface area contributed by atoms with E-state index in [2.05, 4.69) is 41.2 Å². The monoisotopic (exact) mass is 470 g/mol. The molecule has 192 valence electrons. The SMILES string of the molecule is C=C(COC)[C@@H]1CC[C@]2(CO)CC[C@]3(C)[C@H](CC[C@@H]4[C@@]5(C)CCC(=O)C(C)(C)[C@@H]5CC[C@]43C)[C@@H]12. The molecule has 3 nitrogen and oxygen atoms in total. The van der Waals surface area contributed by atoms with Crippen molar-refractivity contribution in [2.45, 2.75) is 98.8 Å². The number of hydrogen-bond acceptors (Lipinski definition) is 3. The molecule has 0 aliphatic heterocycles. The molecule has 0 amide bonds. The fourth-order valence-electron chi connectivity index (χ4n) is 11.6. The molecule has 0 unspecified atom stereocenters. The van der Waals surface area contributed by atoms with Gasteiger partial charge in [-0.2, -0.15) is 0 Å². The van der Waals surface area contributed by atoms with Crippen molar-refractivity contribution in [3.63, 3.8) is 0 Å². The number of methoxy groups -OCH3 is 1. The number of fused-ring (bicyclic) bond motifs is 7. The summed E-state index contributed by atoms with van der Waals surface area (Å²) in [5.74, 6) is 3.36. The standard InChI is InChI=1S/C31H50O3/c1-20(18-34-7)21-10-15-31(19-32)17-16-29(5)22(26(21)31)8-9-24-28(4)13-12-25(33)27(2,3)23(28)11-14-30(24,29)6/h21-24,26,32H,1,8-19H2,2-7H3/t21-,22+,23-,24+,26+,28-,29+,30+,31+/m0/s1. The van der Waals surface area contributed by atoms with Crippen molar-refractivity contribution in [1.82, 2.24) is 0 Å². The molecule has 5 aliphatic rings. The largest absolute Gasteiger partial charge is 0.396 e. The molecular formula is C31H50O3. The topological polar surface area (TPSA) is 46.5 Å². The first kappa shape index (κ1) is 25.0. The zero-order chi connectivity index (χ0) is 24.7. The van der Waals surface area contributed by atoms with Gasteiger partial charge in [-0.15, -0.1) is 0 Å². The van der Waals surface area contributed by atoms with Gasteiger partial charge in [0.15, 0.2) is 0 Å². The quantitative estimate of drug-likeness (QED) is 0.458. The van der Waals surface area contributed by atoms with Crippen LogP contribution in [0.4, 0.5) is 0 Å². The van der Waals surface area contributed by atoms with E-state index < -0.39 is 0 Å². The summed E-state index contributed by atoms with van der Waals surface area (Å²) in [4.78, 5) is 12.9. The van der Waals surface area contributed by atoms with E-state index in [4.69, 9.17) is 4.74 Å². The van der Waals surface area contributed by atoms with Crippen LogP contribution < -0.4 is 0 Å². The predicted octanol–water partition coefficient (Wildman–Crippen LogP) is 6.83. The molecule has 0 heterocycles. The van der Waals surface area contributed by atoms with E-state index in [1.165, 1.54) is 37.7 Å². The van der Waals surface area contributed by atoms with Crippen molar-refractivity contribution in [3.05, 3.63) is 12.2 Å². The Labute approximate surface area is 208 Å². The third kappa shape index (κ3) is 2.98. The highest BCUT2D eigenvalue weighted by Gasteiger charge is 2.70. The first-order valence-electron chi connectivity index (χ1n) is 14.2. The first-order valence-corrected chi connectivity index (χ1v) is 14.2. The van der Waals surface area contributed by atoms with Crippen LogP contribution in [0.15, 0.2) is 12.2 Å². The maximum atomic E-state index is 12.9. The van der Waals surface area contributed by atoms with Crippen molar-refractivity contribution in [2.24, 2.45) is 56.7 Å². The fraction of sp³-hybridized carbons (Fsp3) is 0.903. The number of ketones is 1. The summed E-state index contributed by atoms with van der Waals surface area (Å²) in [7, 11) is 1.78. The number of aliphatic hydroxyl groups excluding tert-OH is 1. The van der Waals surface area contributed by atoms with Gasteiger partial charge in [-0.3, -0.25) is 4.79 Å². The minimum atomic E-state index is -0.181. The van der Waals surface area contributed by atoms with Gasteiger partial charge in [0.2, 0.25) is 0 Å². The molecule has 0 bridgehead atoms. The highest BCUT2D eigenvalue weighted by molar-refractivity contribution is 5.85. The number of aliphatic hydroxyl groups is 1. The average molecular weight is 471 g/mol. The minimum absolute atomic E-state index is 0.0784. The summed E-state index contributed by atoms with van der Waals surface area (Å²) < 4.78 is 5.54. The maximum Gasteiger partial charge on any atom is 0.138 e. The van der Waals surface area contributed by atoms with Crippen LogP contribution in [-0.2, 0) is 9.53 Å². The summed E-state index contributed by atoms with van der Waals surface area (Å²) in [6.07, 6.45) is 11.6. The van der Waals surface area contributed by atoms with Crippen molar-refractivity contribution < 1.29 is 14.6 Å². The Morgan fingerprint density at radius 1 is 0.941 bits per heavy atom. The second-order valence-corrected chi connectivity index (χ2v) is 14.6. The van der Waals surface area contributed by atoms with Gasteiger partial charge < -0.3 is 9.84 Å². The zero-order valence-electron chi connectivity index (χ0n) is 22.8. The van der Waals surface area contributed by atoms with Gasteiger partial charge >= 0.3 is 0 Å². The van der Waals surface area contributed by atoms with E-state index in [-0.39, 0.29) is 21.7 Å². The highest BCUT2D eigenvalue weighted by Crippen LogP contribution is 2.77. The lowest BCUT2D eigenvalue weighted by Crippen LogP contribution is -2.66. The van der Waals surface area contributed by atoms with Crippen LogP contribution in [0.1, 0.15) is 98.8 Å². The molecule has 5 fully saturated rings. The van der Waals surface area contributed by atoms with Crippen molar-refractivity contribution >= 4 is 5.78 Å². The maximum absolute atomic E-state index is 12.9. The van der Waals surface area contributed by atoms with Gasteiger partial charge in [0.25, 0.3) is 0 Å². The van der Waals surface area contributed by atoms with Gasteiger partial charge in [-0.1, -0.05) is 41.2 Å². The van der Waals surface area contributed by atoms with Crippen molar-refractivity contribution in [3.8, 4) is 0 Å². The van der Waals surface area contributed by atoms with Crippen LogP contribution in [0, 0.1) is 56.7 Å². The van der Waals surface area contributed by atoms with Crippen molar-refractivity contribution in [1.29, 1.82) is 0 Å². The first-order chi connectivity index (χ1) is 15.9. The van der Waals surface area contributed by atoms with Crippen LogP contribution in [0.5, 0.6) is 0 Å². The van der Waals surface area contributed by atoms with Gasteiger partial charge in [0.05, 0.1) is 6.61 Å². The molecule has 0 spiro atoms. The molecule has 0 aromatic heterocycles. The van der Waals surface area contributed by atoms with Gasteiger partial charge in [-0.05, 0) is 115 Å². The molecule has 0 aromatic carbocycles. The molecule has 0 aromatic rings. The Hall–Kier alpha value is -0.670. The summed E-state index contributed by atoms with van der Waals surface area (Å²) >= 11 is 0. The van der Waals surface area contributed by atoms with Crippen LogP contribution >= 0.6 is 0 Å². The molecule has 5 rings (SSSR count). The molecule has 0 saturated heterocycles. The smallest absolute Gasteiger partial charge is 0.138 e. The number of carbonyl (C=O) groups is 1. The van der Waals surface area contributed by atoms with Gasteiger partial charge in [0.1, 0.15) is 5.78 Å². The number of carbonyl (C=O) groups excluding carboxylic acids is 1. The number of ether oxygens (including phenoxy) is 1. The Bertz CT molecular complexity index is 861. The third-order valence-corrected chi connectivity index (χ3v) is 13.5. The number of Topliss-reactive ketones (excluding diaryl/α,β-unsaturated/α-hetero) is 1. The van der Waals surface area contributed by atoms with Gasteiger partial charge in [-0.25, -0.2) is 0 Å². The molecule has 1 N–H and O–H groups in total. The molecule has 0 radical (unpaired) electrons. The summed E-state index contributed by atoms with van der Waals surface area (Å²) in [6, 6.07) is 0. The lowest BCUT2D eigenvalue weighted by Gasteiger charge is -2.72. The predicted molar refractivity (Wildman–Crippen MR) is 137 cm³/mol. The molecule has 9 atom stereocenters. The van der Waals surface area contributed by atoms with E-state index in [0.29, 0.717) is 54.0 Å². The highest BCUT2D eigenvalue weighted by atomic mass is 16.5. The average Bonchev–Trinajstić information content (AvgIpc) is 3.18. The third-order valence-electron chi connectivity index (χ3n) is 13.5. The Morgan fingerprint density at radius 3 is 2.35 bits per heavy atom. The van der Waals surface area contributed by atoms with Crippen LogP contribution in [0.3, 0.4) is 0 Å². The molecule has 5 aliphatic carbocycles. The van der Waals surface area contributed by atoms with E-state index in [9.17, 15) is 9.90 Å². The Morgan fingerprint density at radius 2 is 1.68 bits per heavy atom. The minimum Gasteiger partial charge on any atom is -0.396 e. The number of hydrogen-bond donors (Lipinski definition) is 1. The van der Waals surface area contributed by atoms with E-state index >= 15 is 0 Å². The lowest BCUT2D eigenvalue weighted by molar-refractivity contribution is -0.236. The van der Waals surface area contributed by atoms with E-state index in [0.717, 1.165) is 32.1 Å². The fourth-order valence-corrected chi connectivity index (χ4v) is 11.6. The lowest BCUT2D eigenvalue weighted by atomic mass is 9.32.